The van der Waals surface area contributed by atoms with Crippen LogP contribution in [0.15, 0.2) is 48.5 Å². The SMILES string of the molecule is CC(=O)Nc1cc(OCc2ccccc2)cc(C(O)CNC2CCCCC2)c1.Cl. The second-order valence-electron chi connectivity index (χ2n) is 7.51. The molecule has 158 valence electrons. The number of carbonyl (C=O) groups is 1. The molecule has 0 heterocycles. The number of hydrogen-bond acceptors (Lipinski definition) is 4. The Labute approximate surface area is 179 Å². The number of nitrogens with one attached hydrogen (secondary N) is 2. The molecule has 2 aromatic rings. The average molecular weight is 419 g/mol. The highest BCUT2D eigenvalue weighted by Crippen LogP contribution is 2.26. The van der Waals surface area contributed by atoms with Crippen LogP contribution in [-0.4, -0.2) is 23.6 Å². The largest absolute Gasteiger partial charge is 0.489 e. The molecule has 0 radical (unpaired) electrons. The molecule has 1 fully saturated rings. The van der Waals surface area contributed by atoms with Crippen LogP contribution in [0, 0.1) is 0 Å². The van der Waals surface area contributed by atoms with Gasteiger partial charge >= 0.3 is 0 Å². The summed E-state index contributed by atoms with van der Waals surface area (Å²) in [6.45, 7) is 2.39. The monoisotopic (exact) mass is 418 g/mol. The molecule has 6 heteroatoms. The normalized spacial score (nSPS) is 15.2. The van der Waals surface area contributed by atoms with Gasteiger partial charge in [-0.3, -0.25) is 4.79 Å². The first-order valence-electron chi connectivity index (χ1n) is 10.1. The van der Waals surface area contributed by atoms with Crippen molar-refractivity contribution in [3.8, 4) is 5.75 Å². The summed E-state index contributed by atoms with van der Waals surface area (Å²) in [5.41, 5.74) is 2.43. The summed E-state index contributed by atoms with van der Waals surface area (Å²) in [5, 5.41) is 17.0. The van der Waals surface area contributed by atoms with E-state index in [0.717, 1.165) is 11.1 Å². The molecule has 1 amide bonds. The standard InChI is InChI=1S/C23H30N2O3.ClH/c1-17(26)25-21-12-19(23(27)15-24-20-10-6-3-7-11-20)13-22(14-21)28-16-18-8-4-2-5-9-18;/h2,4-5,8-9,12-14,20,23-24,27H,3,6-7,10-11,15-16H2,1H3,(H,25,26);1H. The zero-order valence-electron chi connectivity index (χ0n) is 16.9. The van der Waals surface area contributed by atoms with Crippen LogP contribution in [0.25, 0.3) is 0 Å². The van der Waals surface area contributed by atoms with Gasteiger partial charge in [-0.25, -0.2) is 0 Å². The van der Waals surface area contributed by atoms with E-state index in [-0.39, 0.29) is 18.3 Å². The van der Waals surface area contributed by atoms with Gasteiger partial charge in [-0.2, -0.15) is 0 Å². The first-order chi connectivity index (χ1) is 13.6. The minimum atomic E-state index is -0.658. The average Bonchev–Trinajstić information content (AvgIpc) is 2.71. The van der Waals surface area contributed by atoms with Gasteiger partial charge in [0, 0.05) is 31.3 Å². The Morgan fingerprint density at radius 1 is 1.14 bits per heavy atom. The molecule has 2 aromatic carbocycles. The van der Waals surface area contributed by atoms with E-state index in [1.807, 2.05) is 42.5 Å². The van der Waals surface area contributed by atoms with Gasteiger partial charge in [-0.05, 0) is 36.1 Å². The van der Waals surface area contributed by atoms with E-state index in [1.165, 1.54) is 39.0 Å². The molecule has 3 N–H and O–H groups in total. The summed E-state index contributed by atoms with van der Waals surface area (Å²) in [4.78, 5) is 11.5. The minimum absolute atomic E-state index is 0. The Morgan fingerprint density at radius 3 is 2.55 bits per heavy atom. The van der Waals surface area contributed by atoms with Crippen LogP contribution in [0.1, 0.15) is 56.3 Å². The van der Waals surface area contributed by atoms with Gasteiger partial charge in [-0.15, -0.1) is 12.4 Å². The van der Waals surface area contributed by atoms with E-state index in [4.69, 9.17) is 4.74 Å². The lowest BCUT2D eigenvalue weighted by Crippen LogP contribution is -2.34. The summed E-state index contributed by atoms with van der Waals surface area (Å²) in [6, 6.07) is 15.8. The fourth-order valence-electron chi connectivity index (χ4n) is 3.62. The van der Waals surface area contributed by atoms with Crippen molar-refractivity contribution in [2.24, 2.45) is 0 Å². The number of anilines is 1. The minimum Gasteiger partial charge on any atom is -0.489 e. The number of carbonyl (C=O) groups excluding carboxylic acids is 1. The van der Waals surface area contributed by atoms with Crippen molar-refractivity contribution < 1.29 is 14.6 Å². The van der Waals surface area contributed by atoms with Crippen LogP contribution in [0.5, 0.6) is 5.75 Å². The Balaban J connectivity index is 0.00000300. The van der Waals surface area contributed by atoms with Crippen LogP contribution in [0.4, 0.5) is 5.69 Å². The van der Waals surface area contributed by atoms with E-state index >= 15 is 0 Å². The predicted octanol–water partition coefficient (Wildman–Crippen LogP) is 4.60. The van der Waals surface area contributed by atoms with Crippen molar-refractivity contribution in [1.29, 1.82) is 0 Å². The summed E-state index contributed by atoms with van der Waals surface area (Å²) >= 11 is 0. The fraction of sp³-hybridized carbons (Fsp3) is 0.435. The molecule has 1 aliphatic rings. The van der Waals surface area contributed by atoms with Crippen LogP contribution in [-0.2, 0) is 11.4 Å². The lowest BCUT2D eigenvalue weighted by molar-refractivity contribution is -0.114. The smallest absolute Gasteiger partial charge is 0.221 e. The summed E-state index contributed by atoms with van der Waals surface area (Å²) in [5.74, 6) is 0.475. The van der Waals surface area contributed by atoms with Crippen LogP contribution < -0.4 is 15.4 Å². The molecule has 1 atom stereocenters. The molecule has 0 aromatic heterocycles. The highest BCUT2D eigenvalue weighted by molar-refractivity contribution is 5.89. The molecule has 0 aliphatic heterocycles. The van der Waals surface area contributed by atoms with Gasteiger partial charge in [0.1, 0.15) is 12.4 Å². The van der Waals surface area contributed by atoms with Crippen molar-refractivity contribution in [1.82, 2.24) is 5.32 Å². The maximum absolute atomic E-state index is 11.5. The number of aliphatic hydroxyl groups excluding tert-OH is 1. The van der Waals surface area contributed by atoms with Crippen molar-refractivity contribution in [2.75, 3.05) is 11.9 Å². The Bertz CT molecular complexity index is 764. The third-order valence-electron chi connectivity index (χ3n) is 5.09. The van der Waals surface area contributed by atoms with E-state index in [9.17, 15) is 9.90 Å². The lowest BCUT2D eigenvalue weighted by atomic mass is 9.95. The molecule has 1 unspecified atom stereocenters. The molecule has 0 bridgehead atoms. The number of benzene rings is 2. The van der Waals surface area contributed by atoms with Crippen LogP contribution >= 0.6 is 12.4 Å². The number of hydrogen-bond donors (Lipinski definition) is 3. The molecule has 1 saturated carbocycles. The second kappa shape index (κ2) is 11.8. The number of amides is 1. The molecular weight excluding hydrogens is 388 g/mol. The maximum atomic E-state index is 11.5. The molecular formula is C23H31ClN2O3. The van der Waals surface area contributed by atoms with Gasteiger partial charge in [0.05, 0.1) is 6.10 Å². The van der Waals surface area contributed by atoms with Crippen LogP contribution in [0.3, 0.4) is 0 Å². The van der Waals surface area contributed by atoms with E-state index in [2.05, 4.69) is 10.6 Å². The van der Waals surface area contributed by atoms with Gasteiger partial charge in [-0.1, -0.05) is 49.6 Å². The topological polar surface area (TPSA) is 70.6 Å². The van der Waals surface area contributed by atoms with Crippen molar-refractivity contribution >= 4 is 24.0 Å². The van der Waals surface area contributed by atoms with Crippen LogP contribution in [0.2, 0.25) is 0 Å². The molecule has 3 rings (SSSR count). The number of halogens is 1. The lowest BCUT2D eigenvalue weighted by Gasteiger charge is -2.24. The van der Waals surface area contributed by atoms with Gasteiger partial charge in [0.25, 0.3) is 0 Å². The number of ether oxygens (including phenoxy) is 1. The van der Waals surface area contributed by atoms with Gasteiger partial charge < -0.3 is 20.5 Å². The van der Waals surface area contributed by atoms with Gasteiger partial charge in [0.2, 0.25) is 5.91 Å². The summed E-state index contributed by atoms with van der Waals surface area (Å²) in [7, 11) is 0. The molecule has 0 spiro atoms. The third-order valence-corrected chi connectivity index (χ3v) is 5.09. The second-order valence-corrected chi connectivity index (χ2v) is 7.51. The Hall–Kier alpha value is -2.08. The number of aliphatic hydroxyl groups is 1. The summed E-state index contributed by atoms with van der Waals surface area (Å²) < 4.78 is 5.92. The van der Waals surface area contributed by atoms with Crippen molar-refractivity contribution in [2.45, 2.75) is 57.8 Å². The van der Waals surface area contributed by atoms with E-state index in [1.54, 1.807) is 6.07 Å². The third kappa shape index (κ3) is 7.69. The predicted molar refractivity (Wildman–Crippen MR) is 119 cm³/mol. The first-order valence-corrected chi connectivity index (χ1v) is 10.1. The Kier molecular flexibility index (Phi) is 9.45. The number of rotatable bonds is 8. The highest BCUT2D eigenvalue weighted by Gasteiger charge is 2.16. The quantitative estimate of drug-likeness (QED) is 0.585. The highest BCUT2D eigenvalue weighted by atomic mass is 35.5. The molecule has 5 nitrogen and oxygen atoms in total. The maximum Gasteiger partial charge on any atom is 0.221 e. The van der Waals surface area contributed by atoms with Gasteiger partial charge in [0.15, 0.2) is 0 Å². The fourth-order valence-corrected chi connectivity index (χ4v) is 3.62. The molecule has 29 heavy (non-hydrogen) atoms. The van der Waals surface area contributed by atoms with Crippen molar-refractivity contribution in [3.63, 3.8) is 0 Å². The van der Waals surface area contributed by atoms with E-state index < -0.39 is 6.10 Å². The first kappa shape index (κ1) is 23.2. The Morgan fingerprint density at radius 2 is 1.86 bits per heavy atom. The molecule has 1 aliphatic carbocycles. The van der Waals surface area contributed by atoms with Crippen molar-refractivity contribution in [3.05, 3.63) is 59.7 Å². The zero-order chi connectivity index (χ0) is 19.8. The summed E-state index contributed by atoms with van der Waals surface area (Å²) in [6.07, 6.45) is 5.50. The molecule has 0 saturated heterocycles. The zero-order valence-corrected chi connectivity index (χ0v) is 17.7. The van der Waals surface area contributed by atoms with E-state index in [0.29, 0.717) is 30.6 Å².